The second-order valence-electron chi connectivity index (χ2n) is 4.44. The first kappa shape index (κ1) is 11.5. The normalized spacial score (nSPS) is 25.9. The standard InChI is InChI=1S/C11H19N3O2/c1-8-13-11(14-16-8)6-12-10-5-3-2-4-9(10)7-15/h9-10,12,15H,2-7H2,1H3. The van der Waals surface area contributed by atoms with E-state index < -0.39 is 0 Å². The van der Waals surface area contributed by atoms with E-state index in [2.05, 4.69) is 15.5 Å². The molecular weight excluding hydrogens is 206 g/mol. The maximum absolute atomic E-state index is 9.27. The van der Waals surface area contributed by atoms with Crippen LogP contribution in [0.4, 0.5) is 0 Å². The number of rotatable bonds is 4. The highest BCUT2D eigenvalue weighted by molar-refractivity contribution is 4.87. The molecular formula is C11H19N3O2. The SMILES string of the molecule is Cc1nc(CNC2CCCCC2CO)no1. The summed E-state index contributed by atoms with van der Waals surface area (Å²) in [4.78, 5) is 4.14. The first-order chi connectivity index (χ1) is 7.79. The summed E-state index contributed by atoms with van der Waals surface area (Å²) in [5, 5.41) is 16.5. The number of aromatic nitrogens is 2. The summed E-state index contributed by atoms with van der Waals surface area (Å²) in [6, 6.07) is 0.387. The Balaban J connectivity index is 1.84. The molecule has 0 radical (unpaired) electrons. The molecule has 1 aliphatic rings. The predicted octanol–water partition coefficient (Wildman–Crippen LogP) is 1.02. The van der Waals surface area contributed by atoms with Gasteiger partial charge in [-0.3, -0.25) is 0 Å². The van der Waals surface area contributed by atoms with E-state index in [1.807, 2.05) is 0 Å². The number of nitrogens with one attached hydrogen (secondary N) is 1. The first-order valence-electron chi connectivity index (χ1n) is 5.93. The molecule has 0 saturated heterocycles. The third-order valence-electron chi connectivity index (χ3n) is 3.24. The van der Waals surface area contributed by atoms with Gasteiger partial charge in [0.25, 0.3) is 0 Å². The molecule has 1 heterocycles. The van der Waals surface area contributed by atoms with Crippen LogP contribution in [-0.4, -0.2) is 27.9 Å². The van der Waals surface area contributed by atoms with Gasteiger partial charge in [-0.05, 0) is 18.8 Å². The van der Waals surface area contributed by atoms with Gasteiger partial charge in [-0.25, -0.2) is 0 Å². The van der Waals surface area contributed by atoms with Crippen molar-refractivity contribution in [2.75, 3.05) is 6.61 Å². The van der Waals surface area contributed by atoms with Gasteiger partial charge in [0, 0.05) is 19.6 Å². The predicted molar refractivity (Wildman–Crippen MR) is 58.7 cm³/mol. The molecule has 1 saturated carbocycles. The van der Waals surface area contributed by atoms with E-state index in [4.69, 9.17) is 4.52 Å². The van der Waals surface area contributed by atoms with E-state index in [0.29, 0.717) is 30.2 Å². The Morgan fingerprint density at radius 2 is 2.25 bits per heavy atom. The van der Waals surface area contributed by atoms with Crippen molar-refractivity contribution < 1.29 is 9.63 Å². The van der Waals surface area contributed by atoms with E-state index >= 15 is 0 Å². The van der Waals surface area contributed by atoms with Crippen molar-refractivity contribution in [2.24, 2.45) is 5.92 Å². The number of hydrogen-bond donors (Lipinski definition) is 2. The summed E-state index contributed by atoms with van der Waals surface area (Å²) >= 11 is 0. The summed E-state index contributed by atoms with van der Waals surface area (Å²) in [6.07, 6.45) is 4.70. The molecule has 0 bridgehead atoms. The Bertz CT molecular complexity index is 327. The maximum Gasteiger partial charge on any atom is 0.223 e. The molecule has 1 aliphatic carbocycles. The highest BCUT2D eigenvalue weighted by atomic mass is 16.5. The van der Waals surface area contributed by atoms with Crippen LogP contribution in [-0.2, 0) is 6.54 Å². The second kappa shape index (κ2) is 5.41. The van der Waals surface area contributed by atoms with E-state index in [9.17, 15) is 5.11 Å². The monoisotopic (exact) mass is 225 g/mol. The zero-order chi connectivity index (χ0) is 11.4. The van der Waals surface area contributed by atoms with Gasteiger partial charge in [0.05, 0.1) is 6.54 Å². The zero-order valence-corrected chi connectivity index (χ0v) is 9.65. The lowest BCUT2D eigenvalue weighted by atomic mass is 9.85. The Kier molecular flexibility index (Phi) is 3.90. The molecule has 5 heteroatoms. The molecule has 1 fully saturated rings. The maximum atomic E-state index is 9.27. The molecule has 0 aliphatic heterocycles. The lowest BCUT2D eigenvalue weighted by molar-refractivity contribution is 0.151. The topological polar surface area (TPSA) is 71.2 Å². The summed E-state index contributed by atoms with van der Waals surface area (Å²) in [5.41, 5.74) is 0. The Hall–Kier alpha value is -0.940. The van der Waals surface area contributed by atoms with Gasteiger partial charge >= 0.3 is 0 Å². The number of aliphatic hydroxyl groups is 1. The van der Waals surface area contributed by atoms with Crippen LogP contribution in [0.1, 0.15) is 37.4 Å². The van der Waals surface area contributed by atoms with Crippen LogP contribution < -0.4 is 5.32 Å². The third kappa shape index (κ3) is 2.80. The van der Waals surface area contributed by atoms with Crippen molar-refractivity contribution in [1.29, 1.82) is 0 Å². The number of aliphatic hydroxyl groups excluding tert-OH is 1. The molecule has 2 atom stereocenters. The summed E-state index contributed by atoms with van der Waals surface area (Å²) in [6.45, 7) is 2.68. The highest BCUT2D eigenvalue weighted by Gasteiger charge is 2.24. The van der Waals surface area contributed by atoms with Crippen molar-refractivity contribution >= 4 is 0 Å². The fourth-order valence-electron chi connectivity index (χ4n) is 2.33. The minimum atomic E-state index is 0.267. The van der Waals surface area contributed by atoms with Crippen LogP contribution in [0, 0.1) is 12.8 Å². The van der Waals surface area contributed by atoms with Gasteiger partial charge < -0.3 is 14.9 Å². The average Bonchev–Trinajstić information content (AvgIpc) is 2.73. The molecule has 0 amide bonds. The number of aryl methyl sites for hydroxylation is 1. The van der Waals surface area contributed by atoms with Gasteiger partial charge in [0.15, 0.2) is 5.82 Å². The van der Waals surface area contributed by atoms with Crippen molar-refractivity contribution in [3.8, 4) is 0 Å². The molecule has 1 aromatic rings. The van der Waals surface area contributed by atoms with E-state index in [1.54, 1.807) is 6.92 Å². The van der Waals surface area contributed by atoms with Gasteiger partial charge in [-0.15, -0.1) is 0 Å². The van der Waals surface area contributed by atoms with Crippen molar-refractivity contribution in [3.05, 3.63) is 11.7 Å². The van der Waals surface area contributed by atoms with Crippen molar-refractivity contribution in [2.45, 2.75) is 45.2 Å². The minimum Gasteiger partial charge on any atom is -0.396 e. The smallest absolute Gasteiger partial charge is 0.223 e. The van der Waals surface area contributed by atoms with Crippen LogP contribution >= 0.6 is 0 Å². The van der Waals surface area contributed by atoms with Crippen LogP contribution in [0.5, 0.6) is 0 Å². The van der Waals surface area contributed by atoms with Crippen LogP contribution in [0.2, 0.25) is 0 Å². The van der Waals surface area contributed by atoms with Crippen molar-refractivity contribution in [3.63, 3.8) is 0 Å². The largest absolute Gasteiger partial charge is 0.396 e. The molecule has 90 valence electrons. The van der Waals surface area contributed by atoms with Crippen LogP contribution in [0.25, 0.3) is 0 Å². The summed E-state index contributed by atoms with van der Waals surface area (Å²) < 4.78 is 4.91. The summed E-state index contributed by atoms with van der Waals surface area (Å²) in [5.74, 6) is 1.67. The average molecular weight is 225 g/mol. The number of nitrogens with zero attached hydrogens (tertiary/aromatic N) is 2. The minimum absolute atomic E-state index is 0.267. The molecule has 2 N–H and O–H groups in total. The lowest BCUT2D eigenvalue weighted by Crippen LogP contribution is -2.39. The molecule has 0 spiro atoms. The third-order valence-corrected chi connectivity index (χ3v) is 3.24. The zero-order valence-electron chi connectivity index (χ0n) is 9.65. The molecule has 1 aromatic heterocycles. The van der Waals surface area contributed by atoms with Crippen LogP contribution in [0.3, 0.4) is 0 Å². The second-order valence-corrected chi connectivity index (χ2v) is 4.44. The lowest BCUT2D eigenvalue weighted by Gasteiger charge is -2.30. The Labute approximate surface area is 95.2 Å². The molecule has 0 aromatic carbocycles. The van der Waals surface area contributed by atoms with Gasteiger partial charge in [0.1, 0.15) is 0 Å². The first-order valence-corrected chi connectivity index (χ1v) is 5.93. The van der Waals surface area contributed by atoms with Gasteiger partial charge in [-0.1, -0.05) is 18.0 Å². The molecule has 5 nitrogen and oxygen atoms in total. The van der Waals surface area contributed by atoms with Gasteiger partial charge in [0.2, 0.25) is 5.89 Å². The van der Waals surface area contributed by atoms with Gasteiger partial charge in [-0.2, -0.15) is 4.98 Å². The summed E-state index contributed by atoms with van der Waals surface area (Å²) in [7, 11) is 0. The molecule has 2 unspecified atom stereocenters. The quantitative estimate of drug-likeness (QED) is 0.800. The molecule has 16 heavy (non-hydrogen) atoms. The highest BCUT2D eigenvalue weighted by Crippen LogP contribution is 2.24. The van der Waals surface area contributed by atoms with E-state index in [0.717, 1.165) is 12.8 Å². The fourth-order valence-corrected chi connectivity index (χ4v) is 2.33. The van der Waals surface area contributed by atoms with E-state index in [1.165, 1.54) is 12.8 Å². The Morgan fingerprint density at radius 3 is 2.94 bits per heavy atom. The number of hydrogen-bond acceptors (Lipinski definition) is 5. The van der Waals surface area contributed by atoms with Crippen LogP contribution in [0.15, 0.2) is 4.52 Å². The fraction of sp³-hybridized carbons (Fsp3) is 0.818. The van der Waals surface area contributed by atoms with Crippen molar-refractivity contribution in [1.82, 2.24) is 15.5 Å². The Morgan fingerprint density at radius 1 is 1.44 bits per heavy atom. The van der Waals surface area contributed by atoms with E-state index in [-0.39, 0.29) is 6.61 Å². The molecule has 2 rings (SSSR count).